The van der Waals surface area contributed by atoms with Crippen molar-refractivity contribution in [1.29, 1.82) is 0 Å². The summed E-state index contributed by atoms with van der Waals surface area (Å²) in [7, 11) is 0. The van der Waals surface area contributed by atoms with Gasteiger partial charge < -0.3 is 20.7 Å². The quantitative estimate of drug-likeness (QED) is 0.406. The highest BCUT2D eigenvalue weighted by Crippen LogP contribution is 2.29. The lowest BCUT2D eigenvalue weighted by molar-refractivity contribution is -0.126. The number of fused-ring (bicyclic) bond motifs is 1. The summed E-state index contributed by atoms with van der Waals surface area (Å²) in [4.78, 5) is 26.0. The summed E-state index contributed by atoms with van der Waals surface area (Å²) in [6, 6.07) is 8.73. The first-order valence-electron chi connectivity index (χ1n) is 12.7. The Bertz CT molecular complexity index is 1210. The molecular weight excluding hydrogens is 476 g/mol. The lowest BCUT2D eigenvalue weighted by atomic mass is 9.86. The first-order valence-corrected chi connectivity index (χ1v) is 13.1. The van der Waals surface area contributed by atoms with Gasteiger partial charge in [0.2, 0.25) is 11.9 Å². The number of aryl methyl sites for hydroxylation is 1. The number of ether oxygens (including phenoxy) is 1. The summed E-state index contributed by atoms with van der Waals surface area (Å²) >= 11 is 6.48. The van der Waals surface area contributed by atoms with Gasteiger partial charge in [0.25, 0.3) is 0 Å². The number of rotatable bonds is 8. The third-order valence-corrected chi connectivity index (χ3v) is 7.77. The molecule has 2 aliphatic rings. The van der Waals surface area contributed by atoms with Crippen LogP contribution in [0.2, 0.25) is 5.02 Å². The molecule has 1 aliphatic carbocycles. The Morgan fingerprint density at radius 3 is 2.50 bits per heavy atom. The van der Waals surface area contributed by atoms with Crippen LogP contribution in [0.4, 0.5) is 11.8 Å². The molecular formula is C27H33ClN6O2. The van der Waals surface area contributed by atoms with Crippen LogP contribution < -0.4 is 16.0 Å². The molecule has 1 aliphatic heterocycles. The van der Waals surface area contributed by atoms with Crippen molar-refractivity contribution < 1.29 is 9.53 Å². The lowest BCUT2D eigenvalue weighted by Gasteiger charge is -2.29. The van der Waals surface area contributed by atoms with Gasteiger partial charge in [-0.05, 0) is 63.1 Å². The van der Waals surface area contributed by atoms with Crippen molar-refractivity contribution in [2.45, 2.75) is 57.5 Å². The molecule has 3 aromatic rings. The number of aromatic nitrogens is 3. The van der Waals surface area contributed by atoms with Crippen molar-refractivity contribution in [3.8, 4) is 0 Å². The monoisotopic (exact) mass is 508 g/mol. The van der Waals surface area contributed by atoms with Crippen molar-refractivity contribution in [3.63, 3.8) is 0 Å². The Hall–Kier alpha value is -2.97. The smallest absolute Gasteiger partial charge is 0.227 e. The summed E-state index contributed by atoms with van der Waals surface area (Å²) in [6.45, 7) is 5.89. The van der Waals surface area contributed by atoms with Crippen LogP contribution in [0.15, 0.2) is 36.7 Å². The molecule has 3 heterocycles. The van der Waals surface area contributed by atoms with E-state index in [4.69, 9.17) is 21.3 Å². The third-order valence-electron chi connectivity index (χ3n) is 7.29. The van der Waals surface area contributed by atoms with Crippen molar-refractivity contribution >= 4 is 40.2 Å². The van der Waals surface area contributed by atoms with Crippen LogP contribution in [0.3, 0.4) is 0 Å². The Balaban J connectivity index is 1.07. The SMILES string of the molecule is Cc1ccc2ccc(N[C@H]3CC[C@H](CNc4ncc(C(C)C(=O)NC5COC5)cn4)CC3)nc2c1Cl. The lowest BCUT2D eigenvalue weighted by Crippen LogP contribution is -2.49. The molecule has 3 N–H and O–H groups in total. The highest BCUT2D eigenvalue weighted by atomic mass is 35.5. The van der Waals surface area contributed by atoms with E-state index in [1.54, 1.807) is 12.4 Å². The summed E-state index contributed by atoms with van der Waals surface area (Å²) < 4.78 is 5.11. The molecule has 2 fully saturated rings. The fourth-order valence-corrected chi connectivity index (χ4v) is 4.95. The second-order valence-corrected chi connectivity index (χ2v) is 10.4. The topological polar surface area (TPSA) is 101 Å². The molecule has 1 amide bonds. The first kappa shape index (κ1) is 24.7. The van der Waals surface area contributed by atoms with Gasteiger partial charge in [-0.2, -0.15) is 0 Å². The minimum absolute atomic E-state index is 0.0184. The molecule has 1 atom stereocenters. The Labute approximate surface area is 216 Å². The second kappa shape index (κ2) is 11.0. The van der Waals surface area contributed by atoms with Crippen molar-refractivity contribution in [2.24, 2.45) is 5.92 Å². The number of carbonyl (C=O) groups is 1. The second-order valence-electron chi connectivity index (χ2n) is 10.0. The fourth-order valence-electron chi connectivity index (χ4n) is 4.74. The molecule has 1 unspecified atom stereocenters. The zero-order valence-electron chi connectivity index (χ0n) is 20.8. The number of hydrogen-bond donors (Lipinski definition) is 3. The van der Waals surface area contributed by atoms with E-state index in [1.807, 2.05) is 26.0 Å². The largest absolute Gasteiger partial charge is 0.377 e. The molecule has 0 radical (unpaired) electrons. The van der Waals surface area contributed by atoms with Crippen LogP contribution >= 0.6 is 11.6 Å². The van der Waals surface area contributed by atoms with Gasteiger partial charge in [-0.1, -0.05) is 23.7 Å². The number of benzene rings is 1. The van der Waals surface area contributed by atoms with E-state index in [-0.39, 0.29) is 17.9 Å². The minimum Gasteiger partial charge on any atom is -0.377 e. The van der Waals surface area contributed by atoms with E-state index in [0.717, 1.165) is 65.1 Å². The molecule has 2 aromatic heterocycles. The van der Waals surface area contributed by atoms with Crippen LogP contribution in [0, 0.1) is 12.8 Å². The summed E-state index contributed by atoms with van der Waals surface area (Å²) in [5, 5.41) is 11.7. The van der Waals surface area contributed by atoms with Crippen molar-refractivity contribution in [3.05, 3.63) is 52.8 Å². The first-order chi connectivity index (χ1) is 17.5. The molecule has 190 valence electrons. The maximum Gasteiger partial charge on any atom is 0.227 e. The average molecular weight is 509 g/mol. The molecule has 36 heavy (non-hydrogen) atoms. The molecule has 5 rings (SSSR count). The molecule has 0 spiro atoms. The van der Waals surface area contributed by atoms with Crippen LogP contribution in [0.5, 0.6) is 0 Å². The van der Waals surface area contributed by atoms with E-state index in [2.05, 4.69) is 38.1 Å². The van der Waals surface area contributed by atoms with Gasteiger partial charge in [0.15, 0.2) is 0 Å². The van der Waals surface area contributed by atoms with Crippen LogP contribution in [-0.2, 0) is 9.53 Å². The number of hydrogen-bond acceptors (Lipinski definition) is 7. The molecule has 0 bridgehead atoms. The van der Waals surface area contributed by atoms with Gasteiger partial charge in [0.1, 0.15) is 5.82 Å². The number of nitrogens with one attached hydrogen (secondary N) is 3. The minimum atomic E-state index is -0.292. The molecule has 1 saturated heterocycles. The van der Waals surface area contributed by atoms with E-state index in [0.29, 0.717) is 31.1 Å². The van der Waals surface area contributed by atoms with Gasteiger partial charge >= 0.3 is 0 Å². The number of carbonyl (C=O) groups excluding carboxylic acids is 1. The normalized spacial score (nSPS) is 21.0. The summed E-state index contributed by atoms with van der Waals surface area (Å²) in [5.74, 6) is 1.75. The summed E-state index contributed by atoms with van der Waals surface area (Å²) in [6.07, 6.45) is 7.90. The number of nitrogens with zero attached hydrogens (tertiary/aromatic N) is 3. The van der Waals surface area contributed by atoms with Crippen molar-refractivity contribution in [1.82, 2.24) is 20.3 Å². The third kappa shape index (κ3) is 5.71. The predicted octanol–water partition coefficient (Wildman–Crippen LogP) is 4.69. The van der Waals surface area contributed by atoms with E-state index < -0.39 is 0 Å². The molecule has 9 heteroatoms. The van der Waals surface area contributed by atoms with Crippen LogP contribution in [-0.4, -0.2) is 52.7 Å². The Kier molecular flexibility index (Phi) is 7.53. The number of amides is 1. The average Bonchev–Trinajstić information content (AvgIpc) is 2.88. The fraction of sp³-hybridized carbons (Fsp3) is 0.481. The number of anilines is 2. The Morgan fingerprint density at radius 1 is 1.08 bits per heavy atom. The molecule has 8 nitrogen and oxygen atoms in total. The maximum absolute atomic E-state index is 12.3. The predicted molar refractivity (Wildman–Crippen MR) is 143 cm³/mol. The van der Waals surface area contributed by atoms with Crippen molar-refractivity contribution in [2.75, 3.05) is 30.4 Å². The van der Waals surface area contributed by atoms with Crippen LogP contribution in [0.1, 0.15) is 49.7 Å². The molecule has 1 aromatic carbocycles. The van der Waals surface area contributed by atoms with Gasteiger partial charge in [0, 0.05) is 35.9 Å². The Morgan fingerprint density at radius 2 is 1.81 bits per heavy atom. The summed E-state index contributed by atoms with van der Waals surface area (Å²) in [5.41, 5.74) is 2.71. The van der Waals surface area contributed by atoms with Gasteiger partial charge in [-0.25, -0.2) is 15.0 Å². The number of halogens is 1. The highest BCUT2D eigenvalue weighted by Gasteiger charge is 2.25. The van der Waals surface area contributed by atoms with Gasteiger partial charge in [-0.15, -0.1) is 0 Å². The maximum atomic E-state index is 12.3. The molecule has 1 saturated carbocycles. The highest BCUT2D eigenvalue weighted by molar-refractivity contribution is 6.35. The van der Waals surface area contributed by atoms with Gasteiger partial charge in [-0.3, -0.25) is 4.79 Å². The number of pyridine rings is 1. The zero-order chi connectivity index (χ0) is 25.1. The van der Waals surface area contributed by atoms with Gasteiger partial charge in [0.05, 0.1) is 35.7 Å². The van der Waals surface area contributed by atoms with E-state index >= 15 is 0 Å². The zero-order valence-corrected chi connectivity index (χ0v) is 21.5. The van der Waals surface area contributed by atoms with Crippen LogP contribution in [0.25, 0.3) is 10.9 Å². The van der Waals surface area contributed by atoms with E-state index in [9.17, 15) is 4.79 Å². The van der Waals surface area contributed by atoms with E-state index in [1.165, 1.54) is 0 Å². The standard InChI is InChI=1S/C27H33ClN6O2/c1-16-3-6-19-7-10-23(34-25(19)24(16)28)32-21-8-4-18(5-9-21)11-29-27-30-12-20(13-31-27)17(2)26(35)33-22-14-36-15-22/h3,6-7,10,12-13,17-18,21-22H,4-5,8-9,11,14-15H2,1-2H3,(H,32,34)(H,33,35)(H,29,30,31)/t17?,18-,21-.